The van der Waals surface area contributed by atoms with Gasteiger partial charge < -0.3 is 10.6 Å². The number of nitrogens with zero attached hydrogens (tertiary/aromatic N) is 2. The molecule has 0 saturated heterocycles. The van der Waals surface area contributed by atoms with E-state index in [0.717, 1.165) is 26.7 Å². The van der Waals surface area contributed by atoms with Crippen molar-refractivity contribution in [1.82, 2.24) is 9.88 Å². The minimum Gasteiger partial charge on any atom is -0.321 e. The number of hydrogen-bond donors (Lipinski definition) is 2. The van der Waals surface area contributed by atoms with Gasteiger partial charge in [0.25, 0.3) is 17.5 Å². The Morgan fingerprint density at radius 1 is 0.792 bits per heavy atom. The summed E-state index contributed by atoms with van der Waals surface area (Å²) in [5.74, 6) is -1.07. The molecular formula is C38H30N4O5S. The van der Waals surface area contributed by atoms with E-state index in [4.69, 9.17) is 0 Å². The number of benzene rings is 5. The summed E-state index contributed by atoms with van der Waals surface area (Å²) in [6.07, 6.45) is 2.07. The average molecular weight is 655 g/mol. The molecule has 10 heteroatoms. The average Bonchev–Trinajstić information content (AvgIpc) is 3.45. The van der Waals surface area contributed by atoms with E-state index >= 15 is 0 Å². The number of nitrogens with one attached hydrogen (secondary N) is 2. The predicted molar refractivity (Wildman–Crippen MR) is 190 cm³/mol. The number of carbonyl (C=O) groups is 3. The van der Waals surface area contributed by atoms with E-state index in [9.17, 15) is 24.5 Å². The van der Waals surface area contributed by atoms with Crippen molar-refractivity contribution in [2.75, 3.05) is 5.32 Å². The Hall–Kier alpha value is -6.00. The van der Waals surface area contributed by atoms with Gasteiger partial charge in [-0.2, -0.15) is 0 Å². The third-order valence-electron chi connectivity index (χ3n) is 7.78. The Morgan fingerprint density at radius 2 is 1.38 bits per heavy atom. The van der Waals surface area contributed by atoms with Gasteiger partial charge >= 0.3 is 0 Å². The van der Waals surface area contributed by atoms with Gasteiger partial charge in [-0.1, -0.05) is 61.5 Å². The van der Waals surface area contributed by atoms with Crippen LogP contribution in [0.4, 0.5) is 11.4 Å². The van der Waals surface area contributed by atoms with Crippen LogP contribution in [-0.4, -0.2) is 32.5 Å². The molecule has 1 aromatic heterocycles. The summed E-state index contributed by atoms with van der Waals surface area (Å²) in [6.45, 7) is 1.99. The number of para-hydroxylation sites is 2. The van der Waals surface area contributed by atoms with Gasteiger partial charge in [0.05, 0.1) is 21.2 Å². The number of amides is 2. The monoisotopic (exact) mass is 654 g/mol. The number of nitro groups is 1. The fourth-order valence-electron chi connectivity index (χ4n) is 5.39. The smallest absolute Gasteiger partial charge is 0.272 e. The van der Waals surface area contributed by atoms with Crippen LogP contribution in [0.3, 0.4) is 0 Å². The lowest BCUT2D eigenvalue weighted by atomic mass is 10.1. The van der Waals surface area contributed by atoms with Crippen LogP contribution in [0.15, 0.2) is 138 Å². The minimum absolute atomic E-state index is 0.00698. The van der Waals surface area contributed by atoms with Gasteiger partial charge in [0.1, 0.15) is 5.70 Å². The number of carbonyl (C=O) groups excluding carboxylic acids is 3. The van der Waals surface area contributed by atoms with Gasteiger partial charge in [-0.15, -0.1) is 11.8 Å². The zero-order valence-electron chi connectivity index (χ0n) is 25.8. The Bertz CT molecular complexity index is 2120. The van der Waals surface area contributed by atoms with Crippen molar-refractivity contribution in [2.45, 2.75) is 23.5 Å². The maximum absolute atomic E-state index is 14.0. The molecular weight excluding hydrogens is 625 g/mol. The lowest BCUT2D eigenvalue weighted by Gasteiger charge is -2.16. The van der Waals surface area contributed by atoms with E-state index in [2.05, 4.69) is 10.6 Å². The van der Waals surface area contributed by atoms with Gasteiger partial charge in [-0.05, 0) is 78.7 Å². The van der Waals surface area contributed by atoms with E-state index in [1.54, 1.807) is 42.5 Å². The van der Waals surface area contributed by atoms with Crippen LogP contribution in [0.25, 0.3) is 27.9 Å². The lowest BCUT2D eigenvalue weighted by Crippen LogP contribution is -2.30. The second kappa shape index (κ2) is 14.2. The van der Waals surface area contributed by atoms with Crippen molar-refractivity contribution >= 4 is 68.7 Å². The molecule has 0 aliphatic rings. The minimum atomic E-state index is -0.578. The summed E-state index contributed by atoms with van der Waals surface area (Å²) in [7, 11) is 0. The SMILES string of the molecule is CCC(Sc1ccc(NC(=O)/C(=C/c2ccc([N+](=O)[O-])cc2)NC(=O)c2ccccc2)cc1)C(=O)n1c2ccccc2c2ccccc21. The van der Waals surface area contributed by atoms with Crippen LogP contribution in [0.5, 0.6) is 0 Å². The molecule has 0 bridgehead atoms. The highest BCUT2D eigenvalue weighted by molar-refractivity contribution is 8.00. The number of nitro benzene ring substituents is 1. The van der Waals surface area contributed by atoms with E-state index in [-0.39, 0.29) is 22.5 Å². The molecule has 0 aliphatic heterocycles. The van der Waals surface area contributed by atoms with E-state index in [1.165, 1.54) is 42.1 Å². The number of anilines is 1. The van der Waals surface area contributed by atoms with Gasteiger partial charge in [0, 0.05) is 39.1 Å². The third-order valence-corrected chi connectivity index (χ3v) is 9.14. The molecule has 2 amide bonds. The summed E-state index contributed by atoms with van der Waals surface area (Å²) in [6, 6.07) is 37.1. The molecule has 0 spiro atoms. The third kappa shape index (κ3) is 6.89. The first-order valence-corrected chi connectivity index (χ1v) is 16.1. The summed E-state index contributed by atoms with van der Waals surface area (Å²) in [5.41, 5.74) is 2.95. The number of thioether (sulfide) groups is 1. The highest BCUT2D eigenvalue weighted by Crippen LogP contribution is 2.33. The van der Waals surface area contributed by atoms with Crippen LogP contribution in [-0.2, 0) is 4.79 Å². The Kier molecular flexibility index (Phi) is 9.45. The highest BCUT2D eigenvalue weighted by atomic mass is 32.2. The van der Waals surface area contributed by atoms with E-state index < -0.39 is 16.7 Å². The molecule has 6 rings (SSSR count). The normalized spacial score (nSPS) is 12.1. The summed E-state index contributed by atoms with van der Waals surface area (Å²) in [4.78, 5) is 51.8. The van der Waals surface area contributed by atoms with Crippen LogP contribution < -0.4 is 10.6 Å². The molecule has 48 heavy (non-hydrogen) atoms. The molecule has 0 fully saturated rings. The second-order valence-corrected chi connectivity index (χ2v) is 12.2. The van der Waals surface area contributed by atoms with Crippen molar-refractivity contribution in [1.29, 1.82) is 0 Å². The number of aromatic nitrogens is 1. The van der Waals surface area contributed by atoms with E-state index in [0.29, 0.717) is 23.2 Å². The molecule has 238 valence electrons. The fourth-order valence-corrected chi connectivity index (χ4v) is 6.39. The van der Waals surface area contributed by atoms with Crippen LogP contribution in [0, 0.1) is 10.1 Å². The number of fused-ring (bicyclic) bond motifs is 3. The topological polar surface area (TPSA) is 123 Å². The number of hydrogen-bond acceptors (Lipinski definition) is 6. The second-order valence-electron chi connectivity index (χ2n) is 10.9. The Balaban J connectivity index is 1.20. The van der Waals surface area contributed by atoms with Crippen molar-refractivity contribution in [3.8, 4) is 0 Å². The molecule has 0 aliphatic carbocycles. The molecule has 1 atom stereocenters. The first-order chi connectivity index (χ1) is 23.3. The predicted octanol–water partition coefficient (Wildman–Crippen LogP) is 8.32. The Morgan fingerprint density at radius 3 is 1.96 bits per heavy atom. The summed E-state index contributed by atoms with van der Waals surface area (Å²) in [5, 5.41) is 18.3. The quantitative estimate of drug-likeness (QED) is 0.0663. The molecule has 0 saturated carbocycles. The molecule has 0 radical (unpaired) electrons. The van der Waals surface area contributed by atoms with Gasteiger partial charge in [-0.3, -0.25) is 29.1 Å². The number of non-ortho nitro benzene ring substituents is 1. The van der Waals surface area contributed by atoms with Crippen molar-refractivity contribution in [3.63, 3.8) is 0 Å². The first-order valence-electron chi connectivity index (χ1n) is 15.3. The zero-order valence-corrected chi connectivity index (χ0v) is 26.6. The molecule has 2 N–H and O–H groups in total. The molecule has 1 unspecified atom stereocenters. The number of rotatable bonds is 10. The van der Waals surface area contributed by atoms with Gasteiger partial charge in [0.2, 0.25) is 5.91 Å². The lowest BCUT2D eigenvalue weighted by molar-refractivity contribution is -0.384. The zero-order chi connectivity index (χ0) is 33.6. The van der Waals surface area contributed by atoms with Crippen molar-refractivity contribution in [3.05, 3.63) is 154 Å². The van der Waals surface area contributed by atoms with Crippen molar-refractivity contribution in [2.24, 2.45) is 0 Å². The van der Waals surface area contributed by atoms with Gasteiger partial charge in [-0.25, -0.2) is 0 Å². The molecule has 5 aromatic carbocycles. The summed E-state index contributed by atoms with van der Waals surface area (Å²) >= 11 is 1.46. The van der Waals surface area contributed by atoms with Crippen LogP contribution in [0.2, 0.25) is 0 Å². The molecule has 1 heterocycles. The van der Waals surface area contributed by atoms with Crippen molar-refractivity contribution < 1.29 is 19.3 Å². The summed E-state index contributed by atoms with van der Waals surface area (Å²) < 4.78 is 1.81. The maximum atomic E-state index is 14.0. The standard InChI is InChI=1S/C38H30N4O5S/c1-2-35(38(45)41-33-14-8-6-12-30(33)31-13-7-9-15-34(31)41)48-29-22-18-27(19-23-29)39-37(44)32(40-36(43)26-10-4-3-5-11-26)24-25-16-20-28(21-17-25)42(46)47/h3-24,35H,2H2,1H3,(H,39,44)(H,40,43)/b32-24-. The largest absolute Gasteiger partial charge is 0.321 e. The Labute approximate surface area is 280 Å². The first kappa shape index (κ1) is 32.0. The van der Waals surface area contributed by atoms with Crippen LogP contribution >= 0.6 is 11.8 Å². The van der Waals surface area contributed by atoms with Gasteiger partial charge in [0.15, 0.2) is 0 Å². The van der Waals surface area contributed by atoms with E-state index in [1.807, 2.05) is 72.2 Å². The molecule has 9 nitrogen and oxygen atoms in total. The van der Waals surface area contributed by atoms with Crippen LogP contribution in [0.1, 0.15) is 34.1 Å². The molecule has 6 aromatic rings. The fraction of sp³-hybridized carbons (Fsp3) is 0.0789. The highest BCUT2D eigenvalue weighted by Gasteiger charge is 2.24. The maximum Gasteiger partial charge on any atom is 0.272 e.